The highest BCUT2D eigenvalue weighted by molar-refractivity contribution is 7.21. The van der Waals surface area contributed by atoms with E-state index in [1.807, 2.05) is 66.7 Å². The highest BCUT2D eigenvalue weighted by Crippen LogP contribution is 2.32. The molecule has 0 aliphatic carbocycles. The number of ether oxygens (including phenoxy) is 1. The van der Waals surface area contributed by atoms with Crippen molar-refractivity contribution in [2.24, 2.45) is 0 Å². The van der Waals surface area contributed by atoms with Crippen LogP contribution in [0.5, 0.6) is 5.75 Å². The van der Waals surface area contributed by atoms with Gasteiger partial charge in [0, 0.05) is 26.9 Å². The lowest BCUT2D eigenvalue weighted by Crippen LogP contribution is -2.10. The van der Waals surface area contributed by atoms with E-state index in [4.69, 9.17) is 4.74 Å². The molecule has 0 bridgehead atoms. The molecule has 4 rings (SSSR count). The summed E-state index contributed by atoms with van der Waals surface area (Å²) in [6.07, 6.45) is 0.606. The molecule has 0 aliphatic rings. The minimum atomic E-state index is 0.119. The SMILES string of the molecule is COc1ccc(Cc2c(-c3ccccc3)sc3ccccc3c2=O)cc1. The van der Waals surface area contributed by atoms with Crippen LogP contribution in [0, 0.1) is 0 Å². The Morgan fingerprint density at radius 2 is 1.54 bits per heavy atom. The maximum Gasteiger partial charge on any atom is 0.192 e. The van der Waals surface area contributed by atoms with E-state index < -0.39 is 0 Å². The Morgan fingerprint density at radius 1 is 0.846 bits per heavy atom. The molecule has 4 aromatic rings. The van der Waals surface area contributed by atoms with E-state index in [2.05, 4.69) is 12.1 Å². The lowest BCUT2D eigenvalue weighted by atomic mass is 10.0. The smallest absolute Gasteiger partial charge is 0.192 e. The number of hydrogen-bond donors (Lipinski definition) is 0. The van der Waals surface area contributed by atoms with Crippen LogP contribution >= 0.6 is 11.3 Å². The summed E-state index contributed by atoms with van der Waals surface area (Å²) in [6, 6.07) is 25.9. The third kappa shape index (κ3) is 3.14. The second-order valence-corrected chi connectivity index (χ2v) is 7.18. The molecule has 3 heteroatoms. The van der Waals surface area contributed by atoms with Crippen LogP contribution in [0.15, 0.2) is 83.7 Å². The van der Waals surface area contributed by atoms with Gasteiger partial charge >= 0.3 is 0 Å². The third-order valence-corrected chi connectivity index (χ3v) is 5.73. The molecule has 0 fully saturated rings. The highest BCUT2D eigenvalue weighted by Gasteiger charge is 2.14. The van der Waals surface area contributed by atoms with Crippen molar-refractivity contribution in [3.05, 3.63) is 100 Å². The Labute approximate surface area is 156 Å². The van der Waals surface area contributed by atoms with E-state index in [0.29, 0.717) is 6.42 Å². The average molecular weight is 358 g/mol. The second kappa shape index (κ2) is 7.14. The predicted molar refractivity (Wildman–Crippen MR) is 109 cm³/mol. The van der Waals surface area contributed by atoms with E-state index in [-0.39, 0.29) is 5.43 Å². The molecule has 0 amide bonds. The van der Waals surface area contributed by atoms with Gasteiger partial charge in [-0.25, -0.2) is 0 Å². The van der Waals surface area contributed by atoms with Crippen LogP contribution in [-0.4, -0.2) is 7.11 Å². The quantitative estimate of drug-likeness (QED) is 0.479. The standard InChI is InChI=1S/C23H18O2S/c1-25-18-13-11-16(12-14-18)15-20-22(24)19-9-5-6-10-21(19)26-23(20)17-7-3-2-4-8-17/h2-14H,15H2,1H3. The molecule has 0 saturated heterocycles. The van der Waals surface area contributed by atoms with Crippen LogP contribution in [0.2, 0.25) is 0 Å². The normalized spacial score (nSPS) is 10.8. The summed E-state index contributed by atoms with van der Waals surface area (Å²) in [4.78, 5) is 14.3. The fourth-order valence-corrected chi connectivity index (χ4v) is 4.29. The number of methoxy groups -OCH3 is 1. The topological polar surface area (TPSA) is 26.3 Å². The summed E-state index contributed by atoms with van der Waals surface area (Å²) in [5.74, 6) is 0.820. The van der Waals surface area contributed by atoms with Crippen molar-refractivity contribution in [1.29, 1.82) is 0 Å². The lowest BCUT2D eigenvalue weighted by Gasteiger charge is -2.11. The van der Waals surface area contributed by atoms with Crippen molar-refractivity contribution in [2.45, 2.75) is 6.42 Å². The third-order valence-electron chi connectivity index (χ3n) is 4.47. The molecule has 128 valence electrons. The summed E-state index contributed by atoms with van der Waals surface area (Å²) in [6.45, 7) is 0. The fourth-order valence-electron chi connectivity index (χ4n) is 3.11. The first-order valence-corrected chi connectivity index (χ1v) is 9.31. The molecule has 3 aromatic carbocycles. The van der Waals surface area contributed by atoms with Crippen LogP contribution in [0.3, 0.4) is 0 Å². The molecule has 0 aliphatic heterocycles. The Balaban J connectivity index is 1.90. The van der Waals surface area contributed by atoms with Crippen LogP contribution in [-0.2, 0) is 6.42 Å². The fraction of sp³-hybridized carbons (Fsp3) is 0.0870. The minimum Gasteiger partial charge on any atom is -0.497 e. The van der Waals surface area contributed by atoms with Gasteiger partial charge in [-0.3, -0.25) is 4.79 Å². The second-order valence-electron chi connectivity index (χ2n) is 6.13. The van der Waals surface area contributed by atoms with Gasteiger partial charge in [-0.2, -0.15) is 0 Å². The minimum absolute atomic E-state index is 0.119. The van der Waals surface area contributed by atoms with Crippen molar-refractivity contribution in [3.8, 4) is 16.2 Å². The summed E-state index contributed by atoms with van der Waals surface area (Å²) >= 11 is 1.68. The molecule has 26 heavy (non-hydrogen) atoms. The van der Waals surface area contributed by atoms with Crippen LogP contribution < -0.4 is 10.2 Å². The van der Waals surface area contributed by atoms with Crippen LogP contribution in [0.1, 0.15) is 11.1 Å². The van der Waals surface area contributed by atoms with Crippen molar-refractivity contribution >= 4 is 21.4 Å². The largest absolute Gasteiger partial charge is 0.497 e. The van der Waals surface area contributed by atoms with E-state index >= 15 is 0 Å². The zero-order valence-corrected chi connectivity index (χ0v) is 15.3. The lowest BCUT2D eigenvalue weighted by molar-refractivity contribution is 0.414. The van der Waals surface area contributed by atoms with Gasteiger partial charge in [-0.15, -0.1) is 11.3 Å². The molecule has 0 atom stereocenters. The van der Waals surface area contributed by atoms with Gasteiger partial charge in [-0.1, -0.05) is 54.6 Å². The Kier molecular flexibility index (Phi) is 4.55. The molecule has 0 saturated carbocycles. The summed E-state index contributed by atoms with van der Waals surface area (Å²) in [5.41, 5.74) is 3.16. The van der Waals surface area contributed by atoms with Gasteiger partial charge in [0.1, 0.15) is 5.75 Å². The van der Waals surface area contributed by atoms with Crippen molar-refractivity contribution in [2.75, 3.05) is 7.11 Å². The Hall–Kier alpha value is -2.91. The first-order valence-electron chi connectivity index (χ1n) is 8.49. The van der Waals surface area contributed by atoms with Crippen molar-refractivity contribution in [1.82, 2.24) is 0 Å². The first-order chi connectivity index (χ1) is 12.8. The summed E-state index contributed by atoms with van der Waals surface area (Å²) < 4.78 is 6.26. The predicted octanol–water partition coefficient (Wildman–Crippen LogP) is 5.53. The maximum atomic E-state index is 13.2. The van der Waals surface area contributed by atoms with Gasteiger partial charge in [0.2, 0.25) is 0 Å². The summed E-state index contributed by atoms with van der Waals surface area (Å²) in [7, 11) is 1.66. The molecular formula is C23H18O2S. The number of benzene rings is 3. The van der Waals surface area contributed by atoms with Crippen molar-refractivity contribution in [3.63, 3.8) is 0 Å². The van der Waals surface area contributed by atoms with Gasteiger partial charge in [0.25, 0.3) is 0 Å². The molecule has 2 nitrogen and oxygen atoms in total. The zero-order valence-electron chi connectivity index (χ0n) is 14.4. The Morgan fingerprint density at radius 3 is 2.27 bits per heavy atom. The molecular weight excluding hydrogens is 340 g/mol. The number of hydrogen-bond acceptors (Lipinski definition) is 3. The van der Waals surface area contributed by atoms with Crippen LogP contribution in [0.25, 0.3) is 20.5 Å². The van der Waals surface area contributed by atoms with E-state index in [1.165, 1.54) is 0 Å². The van der Waals surface area contributed by atoms with Gasteiger partial charge in [-0.05, 0) is 35.4 Å². The van der Waals surface area contributed by atoms with Gasteiger partial charge in [0.15, 0.2) is 5.43 Å². The average Bonchev–Trinajstić information content (AvgIpc) is 2.71. The maximum absolute atomic E-state index is 13.2. The van der Waals surface area contributed by atoms with Gasteiger partial charge < -0.3 is 4.74 Å². The molecule has 0 spiro atoms. The molecule has 0 unspecified atom stereocenters. The molecule has 1 aromatic heterocycles. The Bertz CT molecular complexity index is 1100. The van der Waals surface area contributed by atoms with E-state index in [1.54, 1.807) is 18.4 Å². The number of fused-ring (bicyclic) bond motifs is 1. The molecule has 0 N–H and O–H groups in total. The van der Waals surface area contributed by atoms with E-state index in [9.17, 15) is 4.79 Å². The van der Waals surface area contributed by atoms with Gasteiger partial charge in [0.05, 0.1) is 7.11 Å². The van der Waals surface area contributed by atoms with E-state index in [0.717, 1.165) is 37.4 Å². The molecule has 1 heterocycles. The number of rotatable bonds is 4. The zero-order chi connectivity index (χ0) is 17.9. The molecule has 0 radical (unpaired) electrons. The first kappa shape index (κ1) is 16.6. The van der Waals surface area contributed by atoms with Crippen molar-refractivity contribution < 1.29 is 4.74 Å². The summed E-state index contributed by atoms with van der Waals surface area (Å²) in [5, 5.41) is 0.792. The van der Waals surface area contributed by atoms with Crippen LogP contribution in [0.4, 0.5) is 0 Å². The highest BCUT2D eigenvalue weighted by atomic mass is 32.1. The monoisotopic (exact) mass is 358 g/mol.